The number of ether oxygens (including phenoxy) is 1. The lowest BCUT2D eigenvalue weighted by Crippen LogP contribution is -2.31. The van der Waals surface area contributed by atoms with Gasteiger partial charge < -0.3 is 10.1 Å². The van der Waals surface area contributed by atoms with Gasteiger partial charge in [0.15, 0.2) is 6.61 Å². The van der Waals surface area contributed by atoms with Crippen LogP contribution in [0.4, 0.5) is 0 Å². The van der Waals surface area contributed by atoms with Crippen molar-refractivity contribution in [3.8, 4) is 5.75 Å². The molecule has 1 N–H and O–H groups in total. The normalized spacial score (nSPS) is 11.8. The van der Waals surface area contributed by atoms with Crippen molar-refractivity contribution in [2.75, 3.05) is 6.61 Å². The predicted molar refractivity (Wildman–Crippen MR) is 87.6 cm³/mol. The van der Waals surface area contributed by atoms with Crippen LogP contribution in [0.3, 0.4) is 0 Å². The fourth-order valence-corrected chi connectivity index (χ4v) is 2.28. The van der Waals surface area contributed by atoms with E-state index in [-0.39, 0.29) is 18.6 Å². The molecule has 0 fully saturated rings. The largest absolute Gasteiger partial charge is 0.482 e. The number of halogens is 2. The summed E-state index contributed by atoms with van der Waals surface area (Å²) < 4.78 is 6.41. The van der Waals surface area contributed by atoms with E-state index in [1.54, 1.807) is 12.1 Å². The molecule has 1 amide bonds. The molecule has 21 heavy (non-hydrogen) atoms. The Hall–Kier alpha value is -1.52. The van der Waals surface area contributed by atoms with Crippen LogP contribution in [-0.2, 0) is 4.79 Å². The van der Waals surface area contributed by atoms with Crippen molar-refractivity contribution >= 4 is 33.4 Å². The van der Waals surface area contributed by atoms with E-state index in [0.29, 0.717) is 10.8 Å². The monoisotopic (exact) mass is 367 g/mol. The summed E-state index contributed by atoms with van der Waals surface area (Å²) in [6.07, 6.45) is 0. The number of carbonyl (C=O) groups is 1. The van der Waals surface area contributed by atoms with Gasteiger partial charge in [-0.15, -0.1) is 0 Å². The van der Waals surface area contributed by atoms with Crippen molar-refractivity contribution in [3.63, 3.8) is 0 Å². The van der Waals surface area contributed by atoms with Crippen LogP contribution in [0.25, 0.3) is 0 Å². The van der Waals surface area contributed by atoms with E-state index in [4.69, 9.17) is 16.3 Å². The minimum Gasteiger partial charge on any atom is -0.482 e. The molecule has 1 atom stereocenters. The summed E-state index contributed by atoms with van der Waals surface area (Å²) in [6, 6.07) is 14.8. The fraction of sp³-hybridized carbons (Fsp3) is 0.188. The second-order valence-corrected chi connectivity index (χ2v) is 5.88. The molecule has 3 nitrogen and oxygen atoms in total. The molecule has 0 aliphatic rings. The van der Waals surface area contributed by atoms with Gasteiger partial charge in [-0.3, -0.25) is 4.79 Å². The maximum absolute atomic E-state index is 11.9. The second kappa shape index (κ2) is 7.48. The third kappa shape index (κ3) is 4.76. The standard InChI is InChI=1S/C16H15BrClNO2/c1-11(12-6-8-13(17)9-7-12)19-16(20)10-21-15-5-3-2-4-14(15)18/h2-9,11H,10H2,1H3,(H,19,20). The molecule has 0 aliphatic heterocycles. The van der Waals surface area contributed by atoms with Gasteiger partial charge >= 0.3 is 0 Å². The zero-order valence-corrected chi connectivity index (χ0v) is 13.8. The summed E-state index contributed by atoms with van der Waals surface area (Å²) >= 11 is 9.35. The highest BCUT2D eigenvalue weighted by atomic mass is 79.9. The first-order chi connectivity index (χ1) is 10.1. The molecule has 1 unspecified atom stereocenters. The molecule has 0 heterocycles. The van der Waals surface area contributed by atoms with Crippen molar-refractivity contribution in [1.82, 2.24) is 5.32 Å². The molecule has 0 spiro atoms. The van der Waals surface area contributed by atoms with Crippen LogP contribution in [0.2, 0.25) is 5.02 Å². The maximum atomic E-state index is 11.9. The van der Waals surface area contributed by atoms with Gasteiger partial charge in [-0.1, -0.05) is 51.8 Å². The molecule has 0 radical (unpaired) electrons. The molecule has 0 aromatic heterocycles. The van der Waals surface area contributed by atoms with Gasteiger partial charge in [0.2, 0.25) is 0 Å². The van der Waals surface area contributed by atoms with Crippen LogP contribution in [-0.4, -0.2) is 12.5 Å². The Bertz CT molecular complexity index is 616. The van der Waals surface area contributed by atoms with Crippen LogP contribution in [0.15, 0.2) is 53.0 Å². The summed E-state index contributed by atoms with van der Waals surface area (Å²) in [4.78, 5) is 11.9. The summed E-state index contributed by atoms with van der Waals surface area (Å²) in [5.74, 6) is 0.316. The molecule has 2 aromatic rings. The number of nitrogens with one attached hydrogen (secondary N) is 1. The smallest absolute Gasteiger partial charge is 0.258 e. The van der Waals surface area contributed by atoms with Gasteiger partial charge in [-0.25, -0.2) is 0 Å². The minimum absolute atomic E-state index is 0.0649. The quantitative estimate of drug-likeness (QED) is 0.851. The summed E-state index contributed by atoms with van der Waals surface area (Å²) in [5, 5.41) is 3.37. The Labute approximate surface area is 137 Å². The lowest BCUT2D eigenvalue weighted by Gasteiger charge is -2.15. The van der Waals surface area contributed by atoms with Crippen molar-refractivity contribution in [2.45, 2.75) is 13.0 Å². The Morgan fingerprint density at radius 3 is 2.57 bits per heavy atom. The van der Waals surface area contributed by atoms with E-state index in [2.05, 4.69) is 21.2 Å². The fourth-order valence-electron chi connectivity index (χ4n) is 1.82. The molecule has 0 saturated carbocycles. The first kappa shape index (κ1) is 15.9. The molecule has 0 saturated heterocycles. The molecule has 2 rings (SSSR count). The number of amides is 1. The van der Waals surface area contributed by atoms with E-state index >= 15 is 0 Å². The van der Waals surface area contributed by atoms with Gasteiger partial charge in [0.05, 0.1) is 11.1 Å². The van der Waals surface area contributed by atoms with Gasteiger partial charge in [0, 0.05) is 4.47 Å². The number of hydrogen-bond donors (Lipinski definition) is 1. The molecule has 110 valence electrons. The van der Waals surface area contributed by atoms with Crippen molar-refractivity contribution in [2.24, 2.45) is 0 Å². The number of benzene rings is 2. The predicted octanol–water partition coefficient (Wildman–Crippen LogP) is 4.36. The van der Waals surface area contributed by atoms with Gasteiger partial charge in [0.25, 0.3) is 5.91 Å². The van der Waals surface area contributed by atoms with Crippen LogP contribution >= 0.6 is 27.5 Å². The average Bonchev–Trinajstić information content (AvgIpc) is 2.47. The second-order valence-electron chi connectivity index (χ2n) is 4.56. The number of para-hydroxylation sites is 1. The number of rotatable bonds is 5. The van der Waals surface area contributed by atoms with Crippen LogP contribution in [0.1, 0.15) is 18.5 Å². The maximum Gasteiger partial charge on any atom is 0.258 e. The summed E-state index contributed by atoms with van der Waals surface area (Å²) in [7, 11) is 0. The highest BCUT2D eigenvalue weighted by molar-refractivity contribution is 9.10. The van der Waals surface area contributed by atoms with Crippen molar-refractivity contribution in [1.29, 1.82) is 0 Å². The molecule has 5 heteroatoms. The molecule has 0 aliphatic carbocycles. The van der Waals surface area contributed by atoms with Crippen molar-refractivity contribution < 1.29 is 9.53 Å². The molecule has 0 bridgehead atoms. The number of carbonyl (C=O) groups excluding carboxylic acids is 1. The first-order valence-electron chi connectivity index (χ1n) is 6.48. The highest BCUT2D eigenvalue weighted by Crippen LogP contribution is 2.23. The third-order valence-electron chi connectivity index (χ3n) is 2.94. The van der Waals surface area contributed by atoms with E-state index in [1.807, 2.05) is 43.3 Å². The first-order valence-corrected chi connectivity index (χ1v) is 7.65. The van der Waals surface area contributed by atoms with E-state index < -0.39 is 0 Å². The molecular weight excluding hydrogens is 354 g/mol. The lowest BCUT2D eigenvalue weighted by atomic mass is 10.1. The summed E-state index contributed by atoms with van der Waals surface area (Å²) in [6.45, 7) is 1.86. The Balaban J connectivity index is 1.87. The van der Waals surface area contributed by atoms with Crippen LogP contribution in [0, 0.1) is 0 Å². The van der Waals surface area contributed by atoms with E-state index in [9.17, 15) is 4.79 Å². The zero-order chi connectivity index (χ0) is 15.2. The number of hydrogen-bond acceptors (Lipinski definition) is 2. The minimum atomic E-state index is -0.190. The van der Waals surface area contributed by atoms with E-state index in [0.717, 1.165) is 10.0 Å². The molecule has 2 aromatic carbocycles. The third-order valence-corrected chi connectivity index (χ3v) is 3.78. The van der Waals surface area contributed by atoms with Gasteiger partial charge in [-0.05, 0) is 36.8 Å². The van der Waals surface area contributed by atoms with Crippen LogP contribution in [0.5, 0.6) is 5.75 Å². The highest BCUT2D eigenvalue weighted by Gasteiger charge is 2.10. The van der Waals surface area contributed by atoms with Crippen molar-refractivity contribution in [3.05, 3.63) is 63.6 Å². The topological polar surface area (TPSA) is 38.3 Å². The Morgan fingerprint density at radius 1 is 1.24 bits per heavy atom. The average molecular weight is 369 g/mol. The van der Waals surface area contributed by atoms with Gasteiger partial charge in [-0.2, -0.15) is 0 Å². The molecular formula is C16H15BrClNO2. The lowest BCUT2D eigenvalue weighted by molar-refractivity contribution is -0.123. The van der Waals surface area contributed by atoms with Crippen LogP contribution < -0.4 is 10.1 Å². The SMILES string of the molecule is CC(NC(=O)COc1ccccc1Cl)c1ccc(Br)cc1. The van der Waals surface area contributed by atoms with E-state index in [1.165, 1.54) is 0 Å². The Morgan fingerprint density at radius 2 is 1.90 bits per heavy atom. The summed E-state index contributed by atoms with van der Waals surface area (Å²) in [5.41, 5.74) is 1.03. The van der Waals surface area contributed by atoms with Gasteiger partial charge in [0.1, 0.15) is 5.75 Å². The zero-order valence-electron chi connectivity index (χ0n) is 11.5. The Kier molecular flexibility index (Phi) is 5.65.